The van der Waals surface area contributed by atoms with E-state index in [2.05, 4.69) is 141 Å². The van der Waals surface area contributed by atoms with E-state index in [0.29, 0.717) is 0 Å². The van der Waals surface area contributed by atoms with Crippen molar-refractivity contribution in [3.05, 3.63) is 83.5 Å². The van der Waals surface area contributed by atoms with Gasteiger partial charge < -0.3 is 0 Å². The molecule has 0 aliphatic carbocycles. The van der Waals surface area contributed by atoms with Gasteiger partial charge in [-0.1, -0.05) is 18.2 Å². The van der Waals surface area contributed by atoms with Crippen LogP contribution < -0.4 is 0 Å². The Balaban J connectivity index is 2.14. The van der Waals surface area contributed by atoms with E-state index in [1.165, 1.54) is 25.4 Å². The zero-order valence-corrected chi connectivity index (χ0v) is 18.8. The number of hydrogen-bond acceptors (Lipinski definition) is 0. The highest BCUT2D eigenvalue weighted by atomic mass is 127. The van der Waals surface area contributed by atoms with Gasteiger partial charge in [-0.05, 0) is 116 Å². The summed E-state index contributed by atoms with van der Waals surface area (Å²) < 4.78 is 3.89. The largest absolute Gasteiger partial charge is 0.167 e. The standard InChI is InChI=1S/C18H12I3S/c19-13-6-8-15(9-7-13)22(14-4-2-1-3-5-14)16-10-11-17(20)18(21)12-16/h1-12H/q+1. The molecule has 0 radical (unpaired) electrons. The maximum atomic E-state index is 2.42. The van der Waals surface area contributed by atoms with Crippen molar-refractivity contribution in [2.75, 3.05) is 0 Å². The Kier molecular flexibility index (Phi) is 6.08. The second-order valence-corrected chi connectivity index (χ2v) is 10.2. The van der Waals surface area contributed by atoms with E-state index in [0.717, 1.165) is 0 Å². The van der Waals surface area contributed by atoms with Crippen LogP contribution in [0.1, 0.15) is 0 Å². The van der Waals surface area contributed by atoms with Crippen molar-refractivity contribution in [2.45, 2.75) is 14.7 Å². The molecule has 0 N–H and O–H groups in total. The van der Waals surface area contributed by atoms with Crippen molar-refractivity contribution in [1.82, 2.24) is 0 Å². The Labute approximate surface area is 174 Å². The van der Waals surface area contributed by atoms with Gasteiger partial charge in [-0.15, -0.1) is 0 Å². The quantitative estimate of drug-likeness (QED) is 0.224. The summed E-state index contributed by atoms with van der Waals surface area (Å²) in [5.74, 6) is 0. The SMILES string of the molecule is Ic1ccc([S+](c2ccccc2)c2ccc(I)c(I)c2)cc1. The molecule has 22 heavy (non-hydrogen) atoms. The van der Waals surface area contributed by atoms with Crippen molar-refractivity contribution in [3.63, 3.8) is 0 Å². The smallest absolute Gasteiger partial charge is 0.0619 e. The van der Waals surface area contributed by atoms with Crippen molar-refractivity contribution < 1.29 is 0 Å². The van der Waals surface area contributed by atoms with Crippen LogP contribution in [0, 0.1) is 10.7 Å². The fourth-order valence-corrected chi connectivity index (χ4v) is 5.65. The summed E-state index contributed by atoms with van der Waals surface area (Å²) in [6.45, 7) is 0. The molecule has 4 heteroatoms. The molecular weight excluding hydrogens is 629 g/mol. The van der Waals surface area contributed by atoms with Crippen LogP contribution >= 0.6 is 67.8 Å². The van der Waals surface area contributed by atoms with Crippen LogP contribution in [-0.2, 0) is 10.9 Å². The van der Waals surface area contributed by atoms with Crippen LogP contribution in [0.5, 0.6) is 0 Å². The first-order chi connectivity index (χ1) is 10.6. The van der Waals surface area contributed by atoms with Gasteiger partial charge in [-0.25, -0.2) is 0 Å². The fraction of sp³-hybridized carbons (Fsp3) is 0. The summed E-state index contributed by atoms with van der Waals surface area (Å²) in [4.78, 5) is 4.10. The number of hydrogen-bond donors (Lipinski definition) is 0. The molecule has 0 aromatic heterocycles. The molecule has 0 saturated heterocycles. The van der Waals surface area contributed by atoms with Crippen LogP contribution in [0.2, 0.25) is 0 Å². The molecule has 3 aromatic carbocycles. The summed E-state index contributed by atoms with van der Waals surface area (Å²) >= 11 is 7.18. The molecule has 0 saturated carbocycles. The average molecular weight is 641 g/mol. The van der Waals surface area contributed by atoms with Gasteiger partial charge in [-0.3, -0.25) is 0 Å². The molecule has 110 valence electrons. The summed E-state index contributed by atoms with van der Waals surface area (Å²) in [6, 6.07) is 26.5. The summed E-state index contributed by atoms with van der Waals surface area (Å²) in [6.07, 6.45) is 0. The molecule has 1 atom stereocenters. The summed E-state index contributed by atoms with van der Waals surface area (Å²) in [5, 5.41) is 0. The Morgan fingerprint density at radius 1 is 0.545 bits per heavy atom. The number of benzene rings is 3. The van der Waals surface area contributed by atoms with Gasteiger partial charge in [0.25, 0.3) is 0 Å². The lowest BCUT2D eigenvalue weighted by atomic mass is 10.4. The zero-order chi connectivity index (χ0) is 15.5. The lowest BCUT2D eigenvalue weighted by Crippen LogP contribution is -2.05. The van der Waals surface area contributed by atoms with E-state index in [4.69, 9.17) is 0 Å². The Morgan fingerprint density at radius 3 is 1.77 bits per heavy atom. The minimum atomic E-state index is -0.0529. The van der Waals surface area contributed by atoms with Gasteiger partial charge >= 0.3 is 0 Å². The van der Waals surface area contributed by atoms with Gasteiger partial charge in [-0.2, -0.15) is 0 Å². The summed E-state index contributed by atoms with van der Waals surface area (Å²) in [7, 11) is -0.0529. The molecule has 0 bridgehead atoms. The van der Waals surface area contributed by atoms with Crippen LogP contribution in [0.4, 0.5) is 0 Å². The van der Waals surface area contributed by atoms with E-state index in [-0.39, 0.29) is 10.9 Å². The Hall–Kier alpha value is 0.200. The highest BCUT2D eigenvalue weighted by molar-refractivity contribution is 14.1. The average Bonchev–Trinajstić information content (AvgIpc) is 2.54. The summed E-state index contributed by atoms with van der Waals surface area (Å²) in [5.41, 5.74) is 0. The third kappa shape index (κ3) is 3.99. The lowest BCUT2D eigenvalue weighted by molar-refractivity contribution is 1.30. The van der Waals surface area contributed by atoms with Crippen LogP contribution in [0.15, 0.2) is 87.5 Å². The van der Waals surface area contributed by atoms with E-state index >= 15 is 0 Å². The van der Waals surface area contributed by atoms with E-state index in [1.807, 2.05) is 0 Å². The van der Waals surface area contributed by atoms with Crippen LogP contribution in [-0.4, -0.2) is 0 Å². The fourth-order valence-electron chi connectivity index (χ4n) is 2.14. The Morgan fingerprint density at radius 2 is 1.14 bits per heavy atom. The van der Waals surface area contributed by atoms with Gasteiger partial charge in [0.05, 0.1) is 10.9 Å². The van der Waals surface area contributed by atoms with Crippen molar-refractivity contribution in [2.24, 2.45) is 0 Å². The zero-order valence-electron chi connectivity index (χ0n) is 11.5. The topological polar surface area (TPSA) is 0 Å². The maximum absolute atomic E-state index is 2.42. The highest BCUT2D eigenvalue weighted by Gasteiger charge is 2.28. The monoisotopic (exact) mass is 641 g/mol. The molecule has 3 aromatic rings. The molecule has 0 nitrogen and oxygen atoms in total. The Bertz CT molecular complexity index is 770. The highest BCUT2D eigenvalue weighted by Crippen LogP contribution is 2.33. The lowest BCUT2D eigenvalue weighted by Gasteiger charge is -2.09. The molecule has 1 unspecified atom stereocenters. The van der Waals surface area contributed by atoms with E-state index in [1.54, 1.807) is 0 Å². The second kappa shape index (κ2) is 7.85. The van der Waals surface area contributed by atoms with Crippen molar-refractivity contribution in [1.29, 1.82) is 0 Å². The van der Waals surface area contributed by atoms with Gasteiger partial charge in [0.15, 0.2) is 14.7 Å². The molecule has 3 rings (SSSR count). The first-order valence-corrected chi connectivity index (χ1v) is 11.1. The molecule has 0 fully saturated rings. The molecule has 0 heterocycles. The maximum Gasteiger partial charge on any atom is 0.167 e. The van der Waals surface area contributed by atoms with Gasteiger partial charge in [0.1, 0.15) is 0 Å². The van der Waals surface area contributed by atoms with Crippen molar-refractivity contribution in [3.8, 4) is 0 Å². The second-order valence-electron chi connectivity index (χ2n) is 4.65. The predicted octanol–water partition coefficient (Wildman–Crippen LogP) is 6.60. The normalized spacial score (nSPS) is 12.1. The first-order valence-electron chi connectivity index (χ1n) is 6.65. The van der Waals surface area contributed by atoms with Crippen LogP contribution in [0.3, 0.4) is 0 Å². The molecule has 0 aliphatic rings. The van der Waals surface area contributed by atoms with Crippen molar-refractivity contribution >= 4 is 78.7 Å². The molecule has 0 amide bonds. The third-order valence-corrected chi connectivity index (χ3v) is 8.95. The minimum absolute atomic E-state index is 0.0529. The number of rotatable bonds is 3. The predicted molar refractivity (Wildman–Crippen MR) is 120 cm³/mol. The molecule has 0 spiro atoms. The number of halogens is 3. The van der Waals surface area contributed by atoms with Gasteiger partial charge in [0, 0.05) is 16.8 Å². The third-order valence-electron chi connectivity index (χ3n) is 3.16. The van der Waals surface area contributed by atoms with E-state index < -0.39 is 0 Å². The molecule has 0 aliphatic heterocycles. The minimum Gasteiger partial charge on any atom is -0.0619 e. The molecular formula is C18H12I3S+. The van der Waals surface area contributed by atoms with Gasteiger partial charge in [0.2, 0.25) is 0 Å². The first kappa shape index (κ1) is 17.0. The van der Waals surface area contributed by atoms with E-state index in [9.17, 15) is 0 Å². The van der Waals surface area contributed by atoms with Crippen LogP contribution in [0.25, 0.3) is 0 Å².